The van der Waals surface area contributed by atoms with Crippen LogP contribution in [0.15, 0.2) is 48.1 Å². The van der Waals surface area contributed by atoms with Gasteiger partial charge in [-0.2, -0.15) is 0 Å². The van der Waals surface area contributed by atoms with Gasteiger partial charge < -0.3 is 4.74 Å². The van der Waals surface area contributed by atoms with Crippen LogP contribution in [0.4, 0.5) is 0 Å². The molecule has 0 aliphatic rings. The molecule has 2 rings (SSSR count). The molecule has 2 aromatic rings. The minimum Gasteiger partial charge on any atom is -0.468 e. The lowest BCUT2D eigenvalue weighted by Gasteiger charge is -2.07. The molecule has 0 bridgehead atoms. The lowest BCUT2D eigenvalue weighted by atomic mass is 10.2. The van der Waals surface area contributed by atoms with E-state index in [0.29, 0.717) is 11.7 Å². The van der Waals surface area contributed by atoms with Crippen molar-refractivity contribution in [1.29, 1.82) is 0 Å². The average Bonchev–Trinajstić information content (AvgIpc) is 2.89. The second-order valence-electron chi connectivity index (χ2n) is 3.94. The van der Waals surface area contributed by atoms with Crippen LogP contribution >= 0.6 is 11.8 Å². The molecule has 6 heteroatoms. The maximum Gasteiger partial charge on any atom is 0.316 e. The van der Waals surface area contributed by atoms with Crippen LogP contribution in [0.1, 0.15) is 0 Å². The van der Waals surface area contributed by atoms with E-state index in [4.69, 9.17) is 0 Å². The first-order valence-electron chi connectivity index (χ1n) is 6.05. The third-order valence-corrected chi connectivity index (χ3v) is 3.55. The summed E-state index contributed by atoms with van der Waals surface area (Å²) in [6, 6.07) is 9.79. The zero-order chi connectivity index (χ0) is 14.4. The van der Waals surface area contributed by atoms with Crippen LogP contribution < -0.4 is 0 Å². The van der Waals surface area contributed by atoms with Gasteiger partial charge in [-0.05, 0) is 0 Å². The van der Waals surface area contributed by atoms with Crippen molar-refractivity contribution < 1.29 is 9.53 Å². The molecular weight excluding hydrogens is 274 g/mol. The highest BCUT2D eigenvalue weighted by Crippen LogP contribution is 2.23. The number of rotatable bonds is 6. The molecule has 0 unspecified atom stereocenters. The van der Waals surface area contributed by atoms with Gasteiger partial charge in [-0.25, -0.2) is 0 Å². The minimum atomic E-state index is -0.288. The number of aromatic nitrogens is 3. The van der Waals surface area contributed by atoms with Crippen LogP contribution in [0.5, 0.6) is 0 Å². The lowest BCUT2D eigenvalue weighted by molar-refractivity contribution is -0.137. The van der Waals surface area contributed by atoms with Gasteiger partial charge in [0, 0.05) is 12.1 Å². The number of hydrogen-bond acceptors (Lipinski definition) is 5. The third kappa shape index (κ3) is 3.27. The van der Waals surface area contributed by atoms with Crippen molar-refractivity contribution in [2.45, 2.75) is 11.7 Å². The van der Waals surface area contributed by atoms with E-state index >= 15 is 0 Å². The Kier molecular flexibility index (Phi) is 4.95. The number of carbonyl (C=O) groups excluding carboxylic acids is 1. The van der Waals surface area contributed by atoms with E-state index in [1.165, 1.54) is 18.9 Å². The predicted octanol–water partition coefficient (Wildman–Crippen LogP) is 2.40. The van der Waals surface area contributed by atoms with E-state index in [1.807, 2.05) is 34.9 Å². The Morgan fingerprint density at radius 2 is 2.15 bits per heavy atom. The summed E-state index contributed by atoms with van der Waals surface area (Å²) in [7, 11) is 1.37. The second kappa shape index (κ2) is 6.91. The van der Waals surface area contributed by atoms with Gasteiger partial charge in [0.25, 0.3) is 0 Å². The van der Waals surface area contributed by atoms with E-state index < -0.39 is 0 Å². The maximum atomic E-state index is 11.2. The van der Waals surface area contributed by atoms with Gasteiger partial charge in [0.15, 0.2) is 11.0 Å². The Labute approximate surface area is 121 Å². The number of methoxy groups -OCH3 is 1. The molecule has 0 aliphatic carbocycles. The van der Waals surface area contributed by atoms with Crippen LogP contribution in [0, 0.1) is 0 Å². The molecule has 5 nitrogen and oxygen atoms in total. The van der Waals surface area contributed by atoms with Gasteiger partial charge in [-0.15, -0.1) is 16.8 Å². The largest absolute Gasteiger partial charge is 0.468 e. The zero-order valence-corrected chi connectivity index (χ0v) is 12.0. The fraction of sp³-hybridized carbons (Fsp3) is 0.214. The first kappa shape index (κ1) is 14.3. The molecule has 0 radical (unpaired) electrons. The maximum absolute atomic E-state index is 11.2. The molecule has 0 saturated heterocycles. The van der Waals surface area contributed by atoms with Crippen molar-refractivity contribution in [3.63, 3.8) is 0 Å². The van der Waals surface area contributed by atoms with Gasteiger partial charge in [-0.1, -0.05) is 48.2 Å². The van der Waals surface area contributed by atoms with Crippen molar-refractivity contribution in [1.82, 2.24) is 14.8 Å². The van der Waals surface area contributed by atoms with E-state index in [-0.39, 0.29) is 11.7 Å². The molecule has 0 N–H and O–H groups in total. The van der Waals surface area contributed by atoms with Gasteiger partial charge in [0.2, 0.25) is 0 Å². The fourth-order valence-electron chi connectivity index (χ4n) is 1.67. The van der Waals surface area contributed by atoms with Gasteiger partial charge in [-0.3, -0.25) is 9.36 Å². The molecule has 20 heavy (non-hydrogen) atoms. The van der Waals surface area contributed by atoms with Gasteiger partial charge in [0.1, 0.15) is 0 Å². The van der Waals surface area contributed by atoms with Crippen LogP contribution in [-0.4, -0.2) is 33.6 Å². The highest BCUT2D eigenvalue weighted by Gasteiger charge is 2.14. The normalized spacial score (nSPS) is 10.2. The molecule has 0 atom stereocenters. The molecule has 0 aliphatic heterocycles. The molecule has 1 heterocycles. The number of allylic oxidation sites excluding steroid dienone is 1. The molecule has 0 saturated carbocycles. The molecule has 0 spiro atoms. The van der Waals surface area contributed by atoms with Crippen molar-refractivity contribution >= 4 is 17.7 Å². The SMILES string of the molecule is C=CCn1c(SCC(=O)OC)nnc1-c1ccccc1. The number of carbonyl (C=O) groups is 1. The van der Waals surface area contributed by atoms with Crippen molar-refractivity contribution in [2.75, 3.05) is 12.9 Å². The monoisotopic (exact) mass is 289 g/mol. The Morgan fingerprint density at radius 3 is 2.80 bits per heavy atom. The number of ether oxygens (including phenoxy) is 1. The lowest BCUT2D eigenvalue weighted by Crippen LogP contribution is -2.06. The number of esters is 1. The summed E-state index contributed by atoms with van der Waals surface area (Å²) in [5.74, 6) is 0.683. The summed E-state index contributed by atoms with van der Waals surface area (Å²) >= 11 is 1.30. The van der Waals surface area contributed by atoms with E-state index in [2.05, 4.69) is 21.5 Å². The Bertz CT molecular complexity index is 596. The number of nitrogens with zero attached hydrogens (tertiary/aromatic N) is 3. The smallest absolute Gasteiger partial charge is 0.316 e. The summed E-state index contributed by atoms with van der Waals surface area (Å²) in [4.78, 5) is 11.2. The summed E-state index contributed by atoms with van der Waals surface area (Å²) < 4.78 is 6.55. The summed E-state index contributed by atoms with van der Waals surface area (Å²) in [6.07, 6.45) is 1.78. The molecule has 104 valence electrons. The molecule has 0 fully saturated rings. The van der Waals surface area contributed by atoms with Crippen LogP contribution in [0.3, 0.4) is 0 Å². The minimum absolute atomic E-state index is 0.209. The van der Waals surface area contributed by atoms with Crippen LogP contribution in [0.25, 0.3) is 11.4 Å². The Balaban J connectivity index is 2.28. The van der Waals surface area contributed by atoms with Crippen molar-refractivity contribution in [3.8, 4) is 11.4 Å². The van der Waals surface area contributed by atoms with E-state index in [9.17, 15) is 4.79 Å². The standard InChI is InChI=1S/C14H15N3O2S/c1-3-9-17-13(11-7-5-4-6-8-11)15-16-14(17)20-10-12(18)19-2/h3-8H,1,9-10H2,2H3. The van der Waals surface area contributed by atoms with E-state index in [0.717, 1.165) is 11.4 Å². The molecular formula is C14H15N3O2S. The fourth-order valence-corrected chi connectivity index (χ4v) is 2.45. The van der Waals surface area contributed by atoms with E-state index in [1.54, 1.807) is 6.08 Å². The van der Waals surface area contributed by atoms with Crippen LogP contribution in [-0.2, 0) is 16.1 Å². The summed E-state index contributed by atoms with van der Waals surface area (Å²) in [6.45, 7) is 4.33. The van der Waals surface area contributed by atoms with Crippen molar-refractivity contribution in [3.05, 3.63) is 43.0 Å². The topological polar surface area (TPSA) is 57.0 Å². The molecule has 0 amide bonds. The molecule has 1 aromatic heterocycles. The average molecular weight is 289 g/mol. The summed E-state index contributed by atoms with van der Waals surface area (Å²) in [5, 5.41) is 9.01. The predicted molar refractivity (Wildman–Crippen MR) is 78.4 cm³/mol. The second-order valence-corrected chi connectivity index (χ2v) is 4.88. The quantitative estimate of drug-likeness (QED) is 0.464. The highest BCUT2D eigenvalue weighted by atomic mass is 32.2. The highest BCUT2D eigenvalue weighted by molar-refractivity contribution is 7.99. The Morgan fingerprint density at radius 1 is 1.40 bits per heavy atom. The molecule has 1 aromatic carbocycles. The third-order valence-electron chi connectivity index (χ3n) is 2.61. The number of thioether (sulfide) groups is 1. The number of benzene rings is 1. The summed E-state index contributed by atoms with van der Waals surface area (Å²) in [5.41, 5.74) is 0.978. The Hall–Kier alpha value is -2.08. The zero-order valence-electron chi connectivity index (χ0n) is 11.2. The van der Waals surface area contributed by atoms with Gasteiger partial charge in [0.05, 0.1) is 12.9 Å². The first-order valence-corrected chi connectivity index (χ1v) is 7.04. The first-order chi connectivity index (χ1) is 9.76. The van der Waals surface area contributed by atoms with Crippen molar-refractivity contribution in [2.24, 2.45) is 0 Å². The van der Waals surface area contributed by atoms with Gasteiger partial charge >= 0.3 is 5.97 Å². The number of hydrogen-bond donors (Lipinski definition) is 0. The van der Waals surface area contributed by atoms with Crippen LogP contribution in [0.2, 0.25) is 0 Å².